The van der Waals surface area contributed by atoms with E-state index in [4.69, 9.17) is 4.74 Å². The third-order valence-electron chi connectivity index (χ3n) is 5.68. The molecule has 0 saturated carbocycles. The maximum atomic E-state index is 13.3. The third kappa shape index (κ3) is 4.72. The van der Waals surface area contributed by atoms with Crippen LogP contribution in [0.5, 0.6) is 0 Å². The maximum absolute atomic E-state index is 13.3. The van der Waals surface area contributed by atoms with Crippen LogP contribution in [0.25, 0.3) is 0 Å². The first-order valence-electron chi connectivity index (χ1n) is 10.4. The molecule has 9 nitrogen and oxygen atoms in total. The Morgan fingerprint density at radius 1 is 1.03 bits per heavy atom. The van der Waals surface area contributed by atoms with Crippen molar-refractivity contribution in [1.29, 1.82) is 0 Å². The van der Waals surface area contributed by atoms with Gasteiger partial charge in [0.05, 0.1) is 6.54 Å². The number of hydrogen-bond donors (Lipinski definition) is 3. The molecule has 0 aromatic heterocycles. The first-order valence-corrected chi connectivity index (χ1v) is 10.4. The molecule has 2 aromatic carbocycles. The van der Waals surface area contributed by atoms with Crippen molar-refractivity contribution in [3.8, 4) is 0 Å². The van der Waals surface area contributed by atoms with Gasteiger partial charge in [-0.2, -0.15) is 0 Å². The van der Waals surface area contributed by atoms with Crippen molar-refractivity contribution in [2.75, 3.05) is 13.1 Å². The lowest BCUT2D eigenvalue weighted by atomic mass is 9.99. The Bertz CT molecular complexity index is 1010. The van der Waals surface area contributed by atoms with Gasteiger partial charge in [0.2, 0.25) is 5.91 Å². The molecular formula is C23H24N4O5. The normalized spacial score (nSPS) is 20.6. The van der Waals surface area contributed by atoms with Crippen molar-refractivity contribution < 1.29 is 23.9 Å². The van der Waals surface area contributed by atoms with Gasteiger partial charge in [-0.25, -0.2) is 9.59 Å². The van der Waals surface area contributed by atoms with E-state index in [9.17, 15) is 19.2 Å². The van der Waals surface area contributed by atoms with Crippen LogP contribution >= 0.6 is 0 Å². The van der Waals surface area contributed by atoms with Gasteiger partial charge >= 0.3 is 12.1 Å². The van der Waals surface area contributed by atoms with Crippen molar-refractivity contribution in [3.63, 3.8) is 0 Å². The molecule has 0 radical (unpaired) electrons. The highest BCUT2D eigenvalue weighted by atomic mass is 16.5. The van der Waals surface area contributed by atoms with E-state index in [0.29, 0.717) is 13.0 Å². The number of carbonyl (C=O) groups excluding carboxylic acids is 4. The molecule has 0 aliphatic carbocycles. The smallest absolute Gasteiger partial charge is 0.408 e. The fraction of sp³-hybridized carbons (Fsp3) is 0.304. The summed E-state index contributed by atoms with van der Waals surface area (Å²) in [5.74, 6) is -0.774. The summed E-state index contributed by atoms with van der Waals surface area (Å²) in [5.41, 5.74) is 0.589. The van der Waals surface area contributed by atoms with E-state index in [0.717, 1.165) is 11.1 Å². The van der Waals surface area contributed by atoms with Gasteiger partial charge in [0.15, 0.2) is 0 Å². The van der Waals surface area contributed by atoms with Crippen molar-refractivity contribution in [2.45, 2.75) is 31.0 Å². The summed E-state index contributed by atoms with van der Waals surface area (Å²) >= 11 is 0. The van der Waals surface area contributed by atoms with Gasteiger partial charge in [-0.15, -0.1) is 0 Å². The van der Waals surface area contributed by atoms with Gasteiger partial charge in [-0.3, -0.25) is 14.9 Å². The minimum Gasteiger partial charge on any atom is -0.445 e. The number of carbonyl (C=O) groups is 4. The number of nitrogens with one attached hydrogen (secondary N) is 3. The lowest BCUT2D eigenvalue weighted by Crippen LogP contribution is -2.53. The number of amides is 5. The number of benzene rings is 2. The van der Waals surface area contributed by atoms with E-state index in [1.807, 2.05) is 60.7 Å². The standard InChI is InChI=1S/C23H24N4O5/c28-19(27-12-11-23(15-27)20(29)25-21(30)26-23)18(13-16-7-3-1-4-8-16)24-22(31)32-14-17-9-5-2-6-10-17/h1-10,18H,11-15H2,(H,24,31)(H2,25,26,29,30). The molecule has 166 valence electrons. The molecule has 32 heavy (non-hydrogen) atoms. The van der Waals surface area contributed by atoms with Crippen LogP contribution in [0.1, 0.15) is 17.5 Å². The molecule has 2 heterocycles. The fourth-order valence-electron chi connectivity index (χ4n) is 3.99. The number of ether oxygens (including phenoxy) is 1. The third-order valence-corrected chi connectivity index (χ3v) is 5.68. The summed E-state index contributed by atoms with van der Waals surface area (Å²) in [6, 6.07) is 17.1. The Balaban J connectivity index is 1.44. The number of urea groups is 1. The first-order chi connectivity index (χ1) is 15.4. The molecule has 2 atom stereocenters. The Morgan fingerprint density at radius 3 is 2.31 bits per heavy atom. The molecule has 1 spiro atoms. The van der Waals surface area contributed by atoms with E-state index in [1.54, 1.807) is 0 Å². The van der Waals surface area contributed by atoms with Crippen LogP contribution in [0, 0.1) is 0 Å². The molecule has 0 bridgehead atoms. The number of alkyl carbamates (subject to hydrolysis) is 1. The van der Waals surface area contributed by atoms with Crippen molar-refractivity contribution in [2.24, 2.45) is 0 Å². The zero-order valence-electron chi connectivity index (χ0n) is 17.4. The number of imide groups is 1. The predicted molar refractivity (Wildman–Crippen MR) is 114 cm³/mol. The molecular weight excluding hydrogens is 412 g/mol. The Hall–Kier alpha value is -3.88. The summed E-state index contributed by atoms with van der Waals surface area (Å²) in [5, 5.41) is 7.52. The molecule has 9 heteroatoms. The van der Waals surface area contributed by atoms with Crippen LogP contribution < -0.4 is 16.0 Å². The van der Waals surface area contributed by atoms with Gasteiger partial charge in [0.25, 0.3) is 5.91 Å². The molecule has 2 saturated heterocycles. The quantitative estimate of drug-likeness (QED) is 0.591. The van der Waals surface area contributed by atoms with Crippen LogP contribution in [-0.4, -0.2) is 53.5 Å². The van der Waals surface area contributed by atoms with Crippen LogP contribution in [0.15, 0.2) is 60.7 Å². The van der Waals surface area contributed by atoms with Gasteiger partial charge in [-0.05, 0) is 17.5 Å². The lowest BCUT2D eigenvalue weighted by Gasteiger charge is -2.26. The van der Waals surface area contributed by atoms with Gasteiger partial charge < -0.3 is 20.3 Å². The monoisotopic (exact) mass is 436 g/mol. The van der Waals surface area contributed by atoms with Crippen LogP contribution in [0.4, 0.5) is 9.59 Å². The molecule has 3 N–H and O–H groups in total. The highest BCUT2D eigenvalue weighted by Crippen LogP contribution is 2.25. The molecule has 2 unspecified atom stereocenters. The van der Waals surface area contributed by atoms with Crippen molar-refractivity contribution >= 4 is 23.9 Å². The van der Waals surface area contributed by atoms with Crippen molar-refractivity contribution in [3.05, 3.63) is 71.8 Å². The lowest BCUT2D eigenvalue weighted by molar-refractivity contribution is -0.132. The highest BCUT2D eigenvalue weighted by molar-refractivity contribution is 6.07. The summed E-state index contributed by atoms with van der Waals surface area (Å²) in [6.07, 6.45) is -0.126. The van der Waals surface area contributed by atoms with Gasteiger partial charge in [0, 0.05) is 13.0 Å². The zero-order valence-corrected chi connectivity index (χ0v) is 17.4. The summed E-state index contributed by atoms with van der Waals surface area (Å²) in [6.45, 7) is 0.423. The molecule has 5 amide bonds. The minimum absolute atomic E-state index is 0.0510. The van der Waals surface area contributed by atoms with Crippen LogP contribution in [0.2, 0.25) is 0 Å². The second kappa shape index (κ2) is 9.09. The van der Waals surface area contributed by atoms with E-state index >= 15 is 0 Å². The van der Waals surface area contributed by atoms with Crippen LogP contribution in [-0.2, 0) is 27.4 Å². The molecule has 2 aliphatic heterocycles. The SMILES string of the molecule is O=C1NC(=O)C2(CCN(C(=O)C(Cc3ccccc3)NC(=O)OCc3ccccc3)C2)N1. The van der Waals surface area contributed by atoms with Gasteiger partial charge in [0.1, 0.15) is 18.2 Å². The number of rotatable bonds is 6. The largest absolute Gasteiger partial charge is 0.445 e. The van der Waals surface area contributed by atoms with Crippen LogP contribution in [0.3, 0.4) is 0 Å². The van der Waals surface area contributed by atoms with E-state index < -0.39 is 29.6 Å². The summed E-state index contributed by atoms with van der Waals surface area (Å²) in [4.78, 5) is 51.0. The number of nitrogens with zero attached hydrogens (tertiary/aromatic N) is 1. The van der Waals surface area contributed by atoms with Gasteiger partial charge in [-0.1, -0.05) is 60.7 Å². The molecule has 2 aromatic rings. The van der Waals surface area contributed by atoms with E-state index in [1.165, 1.54) is 4.90 Å². The number of hydrogen-bond acceptors (Lipinski definition) is 5. The zero-order chi connectivity index (χ0) is 22.6. The second-order valence-corrected chi connectivity index (χ2v) is 7.95. The second-order valence-electron chi connectivity index (χ2n) is 7.95. The summed E-state index contributed by atoms with van der Waals surface area (Å²) < 4.78 is 5.29. The van der Waals surface area contributed by atoms with Crippen molar-refractivity contribution in [1.82, 2.24) is 20.9 Å². The highest BCUT2D eigenvalue weighted by Gasteiger charge is 2.52. The topological polar surface area (TPSA) is 117 Å². The fourth-order valence-corrected chi connectivity index (χ4v) is 3.99. The predicted octanol–water partition coefficient (Wildman–Crippen LogP) is 1.33. The molecule has 2 fully saturated rings. The first kappa shape index (κ1) is 21.4. The molecule has 2 aliphatic rings. The minimum atomic E-state index is -1.11. The van der Waals surface area contributed by atoms with E-state index in [-0.39, 0.29) is 25.5 Å². The number of likely N-dealkylation sites (tertiary alicyclic amines) is 1. The average Bonchev–Trinajstić information content (AvgIpc) is 3.35. The summed E-state index contributed by atoms with van der Waals surface area (Å²) in [7, 11) is 0. The Morgan fingerprint density at radius 2 is 1.69 bits per heavy atom. The molecule has 4 rings (SSSR count). The Labute approximate surface area is 185 Å². The Kier molecular flexibility index (Phi) is 6.07. The average molecular weight is 436 g/mol. The maximum Gasteiger partial charge on any atom is 0.408 e. The van der Waals surface area contributed by atoms with E-state index in [2.05, 4.69) is 16.0 Å².